The van der Waals surface area contributed by atoms with Gasteiger partial charge in [0.15, 0.2) is 0 Å². The molecule has 20 heavy (non-hydrogen) atoms. The molecule has 0 amide bonds. The Labute approximate surface area is 120 Å². The molecule has 0 bridgehead atoms. The van der Waals surface area contributed by atoms with Crippen LogP contribution in [0.2, 0.25) is 0 Å². The van der Waals surface area contributed by atoms with Gasteiger partial charge in [-0.25, -0.2) is 0 Å². The molecule has 2 N–H and O–H groups in total. The lowest BCUT2D eigenvalue weighted by atomic mass is 9.80. The van der Waals surface area contributed by atoms with Gasteiger partial charge in [0, 0.05) is 19.6 Å². The minimum absolute atomic E-state index is 0.0719. The number of piperidine rings is 1. The van der Waals surface area contributed by atoms with Crippen LogP contribution in [0.5, 0.6) is 0 Å². The van der Waals surface area contributed by atoms with E-state index in [1.807, 2.05) is 0 Å². The van der Waals surface area contributed by atoms with E-state index in [0.29, 0.717) is 6.54 Å². The van der Waals surface area contributed by atoms with Crippen LogP contribution in [0.1, 0.15) is 63.7 Å². The minimum atomic E-state index is -0.0719. The van der Waals surface area contributed by atoms with Crippen molar-refractivity contribution < 1.29 is 4.52 Å². The maximum absolute atomic E-state index is 6.09. The average molecular weight is 278 g/mol. The second kappa shape index (κ2) is 6.12. The molecule has 0 unspecified atom stereocenters. The van der Waals surface area contributed by atoms with Crippen molar-refractivity contribution in [3.63, 3.8) is 0 Å². The number of anilines is 1. The molecule has 1 aromatic heterocycles. The first-order chi connectivity index (χ1) is 9.84. The Hall–Kier alpha value is -1.10. The summed E-state index contributed by atoms with van der Waals surface area (Å²) >= 11 is 0. The monoisotopic (exact) mass is 278 g/mol. The van der Waals surface area contributed by atoms with E-state index >= 15 is 0 Å². The number of nitrogens with zero attached hydrogens (tertiary/aromatic N) is 3. The number of nitrogens with two attached hydrogens (primary N) is 1. The van der Waals surface area contributed by atoms with Crippen LogP contribution in [0.25, 0.3) is 0 Å². The Balaban J connectivity index is 1.79. The number of hydrogen-bond donors (Lipinski definition) is 1. The summed E-state index contributed by atoms with van der Waals surface area (Å²) in [5.74, 6) is 1.55. The van der Waals surface area contributed by atoms with E-state index in [-0.39, 0.29) is 5.41 Å². The first-order valence-corrected chi connectivity index (χ1v) is 8.13. The summed E-state index contributed by atoms with van der Waals surface area (Å²) in [5.41, 5.74) is 6.01. The summed E-state index contributed by atoms with van der Waals surface area (Å²) in [7, 11) is 0. The zero-order chi connectivity index (χ0) is 13.8. The minimum Gasteiger partial charge on any atom is -0.338 e. The molecule has 2 aliphatic rings. The fourth-order valence-corrected chi connectivity index (χ4v) is 3.56. The van der Waals surface area contributed by atoms with Crippen LogP contribution in [-0.2, 0) is 5.41 Å². The summed E-state index contributed by atoms with van der Waals surface area (Å²) < 4.78 is 5.62. The van der Waals surface area contributed by atoms with Gasteiger partial charge in [0.1, 0.15) is 0 Å². The van der Waals surface area contributed by atoms with E-state index in [2.05, 4.69) is 10.1 Å². The summed E-state index contributed by atoms with van der Waals surface area (Å²) in [6.07, 6.45) is 11.0. The smallest absolute Gasteiger partial charge is 0.266 e. The van der Waals surface area contributed by atoms with Gasteiger partial charge in [0.2, 0.25) is 5.89 Å². The van der Waals surface area contributed by atoms with E-state index in [0.717, 1.165) is 37.8 Å². The van der Waals surface area contributed by atoms with Crippen LogP contribution in [0.4, 0.5) is 5.95 Å². The lowest BCUT2D eigenvalue weighted by Gasteiger charge is -2.27. The Bertz CT molecular complexity index is 417. The largest absolute Gasteiger partial charge is 0.338 e. The van der Waals surface area contributed by atoms with Crippen molar-refractivity contribution in [3.8, 4) is 0 Å². The highest BCUT2D eigenvalue weighted by atomic mass is 16.5. The van der Waals surface area contributed by atoms with Crippen LogP contribution in [0, 0.1) is 0 Å². The molecule has 0 radical (unpaired) electrons. The van der Waals surface area contributed by atoms with Gasteiger partial charge in [-0.05, 0) is 37.3 Å². The lowest BCUT2D eigenvalue weighted by Crippen LogP contribution is -2.35. The maximum atomic E-state index is 6.09. The Morgan fingerprint density at radius 1 is 1.00 bits per heavy atom. The second-order valence-electron chi connectivity index (χ2n) is 6.35. The fourth-order valence-electron chi connectivity index (χ4n) is 3.56. The zero-order valence-electron chi connectivity index (χ0n) is 12.3. The molecule has 1 aromatic rings. The van der Waals surface area contributed by atoms with Gasteiger partial charge < -0.3 is 15.2 Å². The second-order valence-corrected chi connectivity index (χ2v) is 6.35. The van der Waals surface area contributed by atoms with E-state index in [1.165, 1.54) is 44.9 Å². The van der Waals surface area contributed by atoms with Crippen molar-refractivity contribution in [3.05, 3.63) is 5.89 Å². The van der Waals surface area contributed by atoms with Gasteiger partial charge in [-0.1, -0.05) is 25.7 Å². The lowest BCUT2D eigenvalue weighted by molar-refractivity contribution is 0.256. The molecule has 2 fully saturated rings. The Morgan fingerprint density at radius 2 is 1.65 bits per heavy atom. The molecule has 1 aliphatic heterocycles. The molecule has 0 atom stereocenters. The highest BCUT2D eigenvalue weighted by Crippen LogP contribution is 2.37. The van der Waals surface area contributed by atoms with E-state index in [1.54, 1.807) is 0 Å². The molecule has 112 valence electrons. The molecule has 1 saturated heterocycles. The van der Waals surface area contributed by atoms with Crippen molar-refractivity contribution >= 4 is 5.95 Å². The SMILES string of the molecule is NCC1(c2nc(N3CCCCC3)no2)CCCCCC1. The summed E-state index contributed by atoms with van der Waals surface area (Å²) in [5, 5.41) is 4.22. The van der Waals surface area contributed by atoms with Gasteiger partial charge in [-0.2, -0.15) is 4.98 Å². The highest BCUT2D eigenvalue weighted by molar-refractivity contribution is 5.29. The van der Waals surface area contributed by atoms with Gasteiger partial charge in [-0.3, -0.25) is 0 Å². The third-order valence-electron chi connectivity index (χ3n) is 4.96. The number of rotatable bonds is 3. The number of hydrogen-bond acceptors (Lipinski definition) is 5. The van der Waals surface area contributed by atoms with Crippen LogP contribution in [0.3, 0.4) is 0 Å². The topological polar surface area (TPSA) is 68.2 Å². The molecule has 0 spiro atoms. The van der Waals surface area contributed by atoms with Crippen molar-refractivity contribution in [1.29, 1.82) is 0 Å². The summed E-state index contributed by atoms with van der Waals surface area (Å²) in [6, 6.07) is 0. The van der Waals surface area contributed by atoms with Crippen LogP contribution in [-0.4, -0.2) is 29.8 Å². The summed E-state index contributed by atoms with van der Waals surface area (Å²) in [6.45, 7) is 2.72. The first kappa shape index (κ1) is 13.9. The predicted octanol–water partition coefficient (Wildman–Crippen LogP) is 2.61. The molecule has 1 aliphatic carbocycles. The van der Waals surface area contributed by atoms with Crippen LogP contribution >= 0.6 is 0 Å². The van der Waals surface area contributed by atoms with Gasteiger partial charge in [-0.15, -0.1) is 0 Å². The van der Waals surface area contributed by atoms with Crippen LogP contribution < -0.4 is 10.6 Å². The number of aromatic nitrogens is 2. The van der Waals surface area contributed by atoms with Crippen molar-refractivity contribution in [1.82, 2.24) is 10.1 Å². The first-order valence-electron chi connectivity index (χ1n) is 8.13. The Morgan fingerprint density at radius 3 is 2.30 bits per heavy atom. The van der Waals surface area contributed by atoms with Crippen molar-refractivity contribution in [2.75, 3.05) is 24.5 Å². The fraction of sp³-hybridized carbons (Fsp3) is 0.867. The van der Waals surface area contributed by atoms with Gasteiger partial charge >= 0.3 is 0 Å². The quantitative estimate of drug-likeness (QED) is 0.861. The van der Waals surface area contributed by atoms with Gasteiger partial charge in [0.25, 0.3) is 5.95 Å². The Kier molecular flexibility index (Phi) is 4.24. The van der Waals surface area contributed by atoms with Crippen molar-refractivity contribution in [2.24, 2.45) is 5.73 Å². The predicted molar refractivity (Wildman–Crippen MR) is 78.8 cm³/mol. The summed E-state index contributed by atoms with van der Waals surface area (Å²) in [4.78, 5) is 6.96. The van der Waals surface area contributed by atoms with E-state index in [9.17, 15) is 0 Å². The molecule has 3 rings (SSSR count). The molecule has 0 aromatic carbocycles. The normalized spacial score (nSPS) is 23.6. The van der Waals surface area contributed by atoms with E-state index in [4.69, 9.17) is 15.2 Å². The maximum Gasteiger partial charge on any atom is 0.266 e. The van der Waals surface area contributed by atoms with Crippen LogP contribution in [0.15, 0.2) is 4.52 Å². The molecular formula is C15H26N4O. The standard InChI is InChI=1S/C15H26N4O/c16-12-15(8-4-1-2-5-9-15)13-17-14(18-20-13)19-10-6-3-7-11-19/h1-12,16H2. The zero-order valence-corrected chi connectivity index (χ0v) is 12.3. The van der Waals surface area contributed by atoms with Crippen molar-refractivity contribution in [2.45, 2.75) is 63.2 Å². The third-order valence-corrected chi connectivity index (χ3v) is 4.96. The molecule has 2 heterocycles. The molecular weight excluding hydrogens is 252 g/mol. The molecule has 1 saturated carbocycles. The third kappa shape index (κ3) is 2.68. The highest BCUT2D eigenvalue weighted by Gasteiger charge is 2.37. The average Bonchev–Trinajstić information content (AvgIpc) is 2.88. The van der Waals surface area contributed by atoms with Gasteiger partial charge in [0.05, 0.1) is 5.41 Å². The van der Waals surface area contributed by atoms with E-state index < -0.39 is 0 Å². The molecule has 5 heteroatoms. The molecule has 5 nitrogen and oxygen atoms in total.